The first kappa shape index (κ1) is 20.7. The molecule has 2 amide bonds. The Balaban J connectivity index is 1.72. The quantitative estimate of drug-likeness (QED) is 0.675. The second-order valence-electron chi connectivity index (χ2n) is 6.04. The van der Waals surface area contributed by atoms with Crippen molar-refractivity contribution in [3.8, 4) is 0 Å². The molecule has 0 radical (unpaired) electrons. The Morgan fingerprint density at radius 1 is 1.29 bits per heavy atom. The zero-order chi connectivity index (χ0) is 20.3. The van der Waals surface area contributed by atoms with Crippen LogP contribution < -0.4 is 10.6 Å². The molecule has 2 aromatic carbocycles. The van der Waals surface area contributed by atoms with E-state index in [9.17, 15) is 18.0 Å². The van der Waals surface area contributed by atoms with Gasteiger partial charge in [-0.05, 0) is 42.7 Å². The van der Waals surface area contributed by atoms with E-state index in [4.69, 9.17) is 0 Å². The molecule has 2 N–H and O–H groups in total. The molecule has 1 aliphatic heterocycles. The molecule has 148 valence electrons. The maximum atomic E-state index is 12.8. The van der Waals surface area contributed by atoms with Crippen LogP contribution in [0.5, 0.6) is 0 Å². The number of hydrogen-bond acceptors (Lipinski definition) is 6. The van der Waals surface area contributed by atoms with Crippen LogP contribution in [0.3, 0.4) is 0 Å². The molecule has 0 aromatic heterocycles. The highest BCUT2D eigenvalue weighted by Gasteiger charge is 2.25. The van der Waals surface area contributed by atoms with Crippen molar-refractivity contribution >= 4 is 56.7 Å². The van der Waals surface area contributed by atoms with Crippen molar-refractivity contribution in [2.45, 2.75) is 14.7 Å². The molecule has 0 fully saturated rings. The summed E-state index contributed by atoms with van der Waals surface area (Å²) in [7, 11) is -2.54. The number of rotatable bonds is 6. The summed E-state index contributed by atoms with van der Waals surface area (Å²) < 4.78 is 26.6. The lowest BCUT2D eigenvalue weighted by Gasteiger charge is -2.20. The van der Waals surface area contributed by atoms with E-state index in [-0.39, 0.29) is 17.3 Å². The Bertz CT molecular complexity index is 1020. The molecule has 7 nitrogen and oxygen atoms in total. The third-order valence-corrected chi connectivity index (χ3v) is 7.61. The van der Waals surface area contributed by atoms with Crippen molar-refractivity contribution < 1.29 is 18.0 Å². The highest BCUT2D eigenvalue weighted by Crippen LogP contribution is 2.33. The van der Waals surface area contributed by atoms with Crippen molar-refractivity contribution in [2.24, 2.45) is 0 Å². The first-order valence-corrected chi connectivity index (χ1v) is 11.9. The van der Waals surface area contributed by atoms with E-state index in [1.807, 2.05) is 24.5 Å². The van der Waals surface area contributed by atoms with E-state index in [1.165, 1.54) is 30.9 Å². The molecule has 28 heavy (non-hydrogen) atoms. The van der Waals surface area contributed by atoms with Gasteiger partial charge in [0.2, 0.25) is 21.8 Å². The number of benzene rings is 2. The number of thioether (sulfide) groups is 2. The fourth-order valence-corrected chi connectivity index (χ4v) is 4.99. The van der Waals surface area contributed by atoms with E-state index in [0.717, 1.165) is 14.1 Å². The number of amides is 2. The molecular formula is C18H19N3O4S3. The van der Waals surface area contributed by atoms with Gasteiger partial charge >= 0.3 is 0 Å². The number of carbonyl (C=O) groups is 2. The summed E-state index contributed by atoms with van der Waals surface area (Å²) >= 11 is 2.90. The van der Waals surface area contributed by atoms with Gasteiger partial charge in [-0.3, -0.25) is 9.59 Å². The molecule has 0 saturated heterocycles. The van der Waals surface area contributed by atoms with Crippen LogP contribution in [0, 0.1) is 0 Å². The topological polar surface area (TPSA) is 95.6 Å². The number of sulfonamides is 1. The molecule has 0 bridgehead atoms. The maximum Gasteiger partial charge on any atom is 0.243 e. The van der Waals surface area contributed by atoms with Gasteiger partial charge in [-0.25, -0.2) is 8.42 Å². The Morgan fingerprint density at radius 2 is 2.07 bits per heavy atom. The molecular weight excluding hydrogens is 418 g/mol. The second kappa shape index (κ2) is 8.56. The van der Waals surface area contributed by atoms with Gasteiger partial charge in [-0.2, -0.15) is 4.31 Å². The minimum absolute atomic E-state index is 0.0220. The Kier molecular flexibility index (Phi) is 6.33. The number of carbonyl (C=O) groups excluding carboxylic acids is 2. The van der Waals surface area contributed by atoms with Crippen LogP contribution in [-0.4, -0.2) is 50.1 Å². The standard InChI is InChI=1S/C18H19N3O4S3/c1-21(10-17(22)19-12-4-3-5-13(8-12)26-2)28(24,25)14-6-7-16-15(9-14)20-18(23)11-27-16/h3-9H,10-11H2,1-2H3,(H,19,22)(H,20,23). The van der Waals surface area contributed by atoms with E-state index >= 15 is 0 Å². The fraction of sp³-hybridized carbons (Fsp3) is 0.222. The molecule has 1 aliphatic rings. The van der Waals surface area contributed by atoms with Gasteiger partial charge in [0, 0.05) is 22.5 Å². The van der Waals surface area contributed by atoms with Gasteiger partial charge in [0.25, 0.3) is 0 Å². The number of nitrogens with zero attached hydrogens (tertiary/aromatic N) is 1. The van der Waals surface area contributed by atoms with Crippen molar-refractivity contribution in [3.05, 3.63) is 42.5 Å². The van der Waals surface area contributed by atoms with Gasteiger partial charge in [0.1, 0.15) is 0 Å². The zero-order valence-electron chi connectivity index (χ0n) is 15.3. The molecule has 10 heteroatoms. The van der Waals surface area contributed by atoms with Gasteiger partial charge < -0.3 is 10.6 Å². The normalized spacial score (nSPS) is 13.8. The lowest BCUT2D eigenvalue weighted by molar-refractivity contribution is -0.116. The van der Waals surface area contributed by atoms with Crippen molar-refractivity contribution in [1.29, 1.82) is 0 Å². The minimum atomic E-state index is -3.88. The average Bonchev–Trinajstić information content (AvgIpc) is 2.67. The second-order valence-corrected chi connectivity index (χ2v) is 9.98. The SMILES string of the molecule is CSc1cccc(NC(=O)CN(C)S(=O)(=O)c2ccc3c(c2)NC(=O)CS3)c1. The van der Waals surface area contributed by atoms with Crippen LogP contribution in [0.2, 0.25) is 0 Å². The van der Waals surface area contributed by atoms with Crippen molar-refractivity contribution in [3.63, 3.8) is 0 Å². The molecule has 0 atom stereocenters. The van der Waals surface area contributed by atoms with Gasteiger partial charge in [-0.1, -0.05) is 6.07 Å². The van der Waals surface area contributed by atoms with Crippen LogP contribution in [0.1, 0.15) is 0 Å². The first-order chi connectivity index (χ1) is 13.3. The molecule has 0 unspecified atom stereocenters. The maximum absolute atomic E-state index is 12.8. The Morgan fingerprint density at radius 3 is 2.82 bits per heavy atom. The average molecular weight is 438 g/mol. The van der Waals surface area contributed by atoms with Crippen LogP contribution >= 0.6 is 23.5 Å². The monoisotopic (exact) mass is 437 g/mol. The summed E-state index contributed by atoms with van der Waals surface area (Å²) in [4.78, 5) is 25.7. The summed E-state index contributed by atoms with van der Waals surface area (Å²) in [5.41, 5.74) is 1.07. The minimum Gasteiger partial charge on any atom is -0.325 e. The molecule has 2 aromatic rings. The summed E-state index contributed by atoms with van der Waals surface area (Å²) in [6.45, 7) is -0.329. The number of nitrogens with one attached hydrogen (secondary N) is 2. The number of anilines is 2. The molecule has 1 heterocycles. The van der Waals surface area contributed by atoms with Crippen LogP contribution in [0.25, 0.3) is 0 Å². The summed E-state index contributed by atoms with van der Waals surface area (Å²) in [5.74, 6) is -0.310. The number of hydrogen-bond donors (Lipinski definition) is 2. The fourth-order valence-electron chi connectivity index (χ4n) is 2.59. The Labute approximate surface area is 172 Å². The van der Waals surface area contributed by atoms with Crippen molar-refractivity contribution in [1.82, 2.24) is 4.31 Å². The highest BCUT2D eigenvalue weighted by molar-refractivity contribution is 8.00. The summed E-state index contributed by atoms with van der Waals surface area (Å²) in [6, 6.07) is 11.9. The smallest absolute Gasteiger partial charge is 0.243 e. The molecule has 0 saturated carbocycles. The van der Waals surface area contributed by atoms with Crippen LogP contribution in [-0.2, 0) is 19.6 Å². The van der Waals surface area contributed by atoms with Crippen molar-refractivity contribution in [2.75, 3.05) is 36.2 Å². The highest BCUT2D eigenvalue weighted by atomic mass is 32.2. The van der Waals surface area contributed by atoms with Gasteiger partial charge in [0.15, 0.2) is 0 Å². The molecule has 0 spiro atoms. The lowest BCUT2D eigenvalue weighted by atomic mass is 10.3. The Hall–Kier alpha value is -2.01. The van der Waals surface area contributed by atoms with E-state index in [2.05, 4.69) is 10.6 Å². The summed E-state index contributed by atoms with van der Waals surface area (Å²) in [5, 5.41) is 5.38. The predicted molar refractivity (Wildman–Crippen MR) is 112 cm³/mol. The van der Waals surface area contributed by atoms with Crippen LogP contribution in [0.4, 0.5) is 11.4 Å². The largest absolute Gasteiger partial charge is 0.325 e. The number of likely N-dealkylation sites (N-methyl/N-ethyl adjacent to an activating group) is 1. The van der Waals surface area contributed by atoms with E-state index in [1.54, 1.807) is 23.9 Å². The van der Waals surface area contributed by atoms with Crippen LogP contribution in [0.15, 0.2) is 57.2 Å². The number of fused-ring (bicyclic) bond motifs is 1. The summed E-state index contributed by atoms with van der Waals surface area (Å²) in [6.07, 6.45) is 1.93. The van der Waals surface area contributed by atoms with E-state index < -0.39 is 15.9 Å². The molecule has 0 aliphatic carbocycles. The zero-order valence-corrected chi connectivity index (χ0v) is 17.7. The third-order valence-electron chi connectivity index (χ3n) is 4.01. The first-order valence-electron chi connectivity index (χ1n) is 8.26. The predicted octanol–water partition coefficient (Wildman–Crippen LogP) is 2.71. The third kappa shape index (κ3) is 4.69. The van der Waals surface area contributed by atoms with E-state index in [0.29, 0.717) is 17.1 Å². The lowest BCUT2D eigenvalue weighted by Crippen LogP contribution is -2.35. The van der Waals surface area contributed by atoms with Gasteiger partial charge in [0.05, 0.1) is 22.9 Å². The molecule has 3 rings (SSSR count). The van der Waals surface area contributed by atoms with Gasteiger partial charge in [-0.15, -0.1) is 23.5 Å².